The largest absolute Gasteiger partial charge is 0.359 e. The summed E-state index contributed by atoms with van der Waals surface area (Å²) in [6.45, 7) is 0. The molecule has 18 heavy (non-hydrogen) atoms. The molecule has 0 amide bonds. The smallest absolute Gasteiger partial charge is 0.171 e. The Kier molecular flexibility index (Phi) is 3.44. The van der Waals surface area contributed by atoms with E-state index < -0.39 is 0 Å². The second-order valence-electron chi connectivity index (χ2n) is 5.39. The van der Waals surface area contributed by atoms with Gasteiger partial charge in [0, 0.05) is 16.8 Å². The standard InChI is InChI=1S/C14H17ClN2S/c15-11-2-1-3-12(8-11)16-14(18)17-13-7-9-4-5-10(13)6-9/h1-3,8-10,13H,4-7H2,(H2,16,17,18)/t9-,10-,13+/m0/s1. The summed E-state index contributed by atoms with van der Waals surface area (Å²) in [5, 5.41) is 8.10. The number of halogens is 1. The molecule has 1 aromatic rings. The molecule has 96 valence electrons. The van der Waals surface area contributed by atoms with Crippen LogP contribution in [0.5, 0.6) is 0 Å². The van der Waals surface area contributed by atoms with Gasteiger partial charge in [-0.15, -0.1) is 0 Å². The van der Waals surface area contributed by atoms with E-state index in [-0.39, 0.29) is 0 Å². The third-order valence-corrected chi connectivity index (χ3v) is 4.59. The lowest BCUT2D eigenvalue weighted by Crippen LogP contribution is -2.40. The van der Waals surface area contributed by atoms with Gasteiger partial charge in [0.05, 0.1) is 0 Å². The highest BCUT2D eigenvalue weighted by Crippen LogP contribution is 2.44. The molecule has 2 N–H and O–H groups in total. The summed E-state index contributed by atoms with van der Waals surface area (Å²) in [5.41, 5.74) is 0.947. The molecule has 3 rings (SSSR count). The molecular formula is C14H17ClN2S. The molecule has 2 nitrogen and oxygen atoms in total. The van der Waals surface area contributed by atoms with Crippen LogP contribution in [0.3, 0.4) is 0 Å². The fraction of sp³-hybridized carbons (Fsp3) is 0.500. The zero-order chi connectivity index (χ0) is 12.5. The number of rotatable bonds is 2. The Morgan fingerprint density at radius 2 is 2.17 bits per heavy atom. The van der Waals surface area contributed by atoms with Crippen molar-refractivity contribution in [2.45, 2.75) is 31.7 Å². The van der Waals surface area contributed by atoms with E-state index in [0.29, 0.717) is 6.04 Å². The molecule has 0 spiro atoms. The Morgan fingerprint density at radius 3 is 2.83 bits per heavy atom. The minimum atomic E-state index is 0.572. The first-order chi connectivity index (χ1) is 8.70. The van der Waals surface area contributed by atoms with Gasteiger partial charge in [-0.25, -0.2) is 0 Å². The zero-order valence-electron chi connectivity index (χ0n) is 10.2. The third kappa shape index (κ3) is 2.62. The van der Waals surface area contributed by atoms with Crippen molar-refractivity contribution < 1.29 is 0 Å². The zero-order valence-corrected chi connectivity index (χ0v) is 11.7. The van der Waals surface area contributed by atoms with Crippen LogP contribution in [0.15, 0.2) is 24.3 Å². The second kappa shape index (κ2) is 5.06. The lowest BCUT2D eigenvalue weighted by Gasteiger charge is -2.24. The first-order valence-corrected chi connectivity index (χ1v) is 7.32. The van der Waals surface area contributed by atoms with Crippen LogP contribution in [0.1, 0.15) is 25.7 Å². The Labute approximate surface area is 118 Å². The molecule has 2 saturated carbocycles. The highest BCUT2D eigenvalue weighted by atomic mass is 35.5. The van der Waals surface area contributed by atoms with Crippen LogP contribution in [0.25, 0.3) is 0 Å². The number of hydrogen-bond donors (Lipinski definition) is 2. The topological polar surface area (TPSA) is 24.1 Å². The van der Waals surface area contributed by atoms with Crippen molar-refractivity contribution in [3.8, 4) is 0 Å². The first kappa shape index (κ1) is 12.2. The fourth-order valence-corrected chi connectivity index (χ4v) is 3.78. The highest BCUT2D eigenvalue weighted by molar-refractivity contribution is 7.80. The van der Waals surface area contributed by atoms with E-state index in [4.69, 9.17) is 23.8 Å². The van der Waals surface area contributed by atoms with E-state index in [1.807, 2.05) is 24.3 Å². The molecular weight excluding hydrogens is 264 g/mol. The van der Waals surface area contributed by atoms with E-state index in [1.165, 1.54) is 25.7 Å². The van der Waals surface area contributed by atoms with Crippen molar-refractivity contribution in [2.75, 3.05) is 5.32 Å². The quantitative estimate of drug-likeness (QED) is 0.806. The van der Waals surface area contributed by atoms with Gasteiger partial charge in [0.1, 0.15) is 0 Å². The number of fused-ring (bicyclic) bond motifs is 2. The van der Waals surface area contributed by atoms with Crippen LogP contribution < -0.4 is 10.6 Å². The molecule has 0 radical (unpaired) electrons. The molecule has 2 aliphatic carbocycles. The van der Waals surface area contributed by atoms with Crippen LogP contribution in [0, 0.1) is 11.8 Å². The average molecular weight is 281 g/mol. The Bertz CT molecular complexity index is 463. The monoisotopic (exact) mass is 280 g/mol. The Hall–Kier alpha value is -0.800. The van der Waals surface area contributed by atoms with Gasteiger partial charge in [0.15, 0.2) is 5.11 Å². The molecule has 1 aromatic carbocycles. The van der Waals surface area contributed by atoms with E-state index >= 15 is 0 Å². The van der Waals surface area contributed by atoms with E-state index in [2.05, 4.69) is 10.6 Å². The molecule has 2 bridgehead atoms. The summed E-state index contributed by atoms with van der Waals surface area (Å²) >= 11 is 11.3. The van der Waals surface area contributed by atoms with E-state index in [9.17, 15) is 0 Å². The van der Waals surface area contributed by atoms with Gasteiger partial charge in [0.25, 0.3) is 0 Å². The highest BCUT2D eigenvalue weighted by Gasteiger charge is 2.39. The Morgan fingerprint density at radius 1 is 1.28 bits per heavy atom. The maximum atomic E-state index is 5.95. The summed E-state index contributed by atoms with van der Waals surface area (Å²) in [5.74, 6) is 1.76. The summed E-state index contributed by atoms with van der Waals surface area (Å²) < 4.78 is 0. The molecule has 0 aliphatic heterocycles. The van der Waals surface area contributed by atoms with Crippen LogP contribution in [-0.4, -0.2) is 11.2 Å². The first-order valence-electron chi connectivity index (χ1n) is 6.54. The van der Waals surface area contributed by atoms with Gasteiger partial charge in [-0.05, 0) is 61.5 Å². The van der Waals surface area contributed by atoms with Crippen LogP contribution in [0.2, 0.25) is 5.02 Å². The van der Waals surface area contributed by atoms with Crippen LogP contribution in [0.4, 0.5) is 5.69 Å². The number of benzene rings is 1. The molecule has 4 heteroatoms. The SMILES string of the molecule is S=C(Nc1cccc(Cl)c1)N[C@@H]1C[C@H]2CC[C@H]1C2. The number of anilines is 1. The summed E-state index contributed by atoms with van der Waals surface area (Å²) in [4.78, 5) is 0. The van der Waals surface area contributed by atoms with Crippen molar-refractivity contribution in [1.29, 1.82) is 0 Å². The Balaban J connectivity index is 1.56. The number of thiocarbonyl (C=S) groups is 1. The van der Waals surface area contributed by atoms with Gasteiger partial charge in [-0.1, -0.05) is 24.1 Å². The van der Waals surface area contributed by atoms with Gasteiger partial charge in [-0.2, -0.15) is 0 Å². The second-order valence-corrected chi connectivity index (χ2v) is 6.23. The molecule has 0 saturated heterocycles. The van der Waals surface area contributed by atoms with E-state index in [1.54, 1.807) is 0 Å². The molecule has 0 unspecified atom stereocenters. The average Bonchev–Trinajstić information content (AvgIpc) is 2.90. The van der Waals surface area contributed by atoms with Gasteiger partial charge < -0.3 is 10.6 Å². The normalized spacial score (nSPS) is 29.3. The molecule has 0 aromatic heterocycles. The van der Waals surface area contributed by atoms with Crippen molar-refractivity contribution in [3.63, 3.8) is 0 Å². The van der Waals surface area contributed by atoms with Crippen molar-refractivity contribution in [2.24, 2.45) is 11.8 Å². The van der Waals surface area contributed by atoms with Crippen molar-refractivity contribution in [1.82, 2.24) is 5.32 Å². The van der Waals surface area contributed by atoms with Crippen molar-refractivity contribution >= 4 is 34.6 Å². The van der Waals surface area contributed by atoms with Gasteiger partial charge in [-0.3, -0.25) is 0 Å². The predicted octanol–water partition coefficient (Wildman–Crippen LogP) is 3.82. The van der Waals surface area contributed by atoms with Crippen LogP contribution >= 0.6 is 23.8 Å². The lowest BCUT2D eigenvalue weighted by atomic mass is 9.96. The van der Waals surface area contributed by atoms with E-state index in [0.717, 1.165) is 27.7 Å². The van der Waals surface area contributed by atoms with Crippen LogP contribution in [-0.2, 0) is 0 Å². The summed E-state index contributed by atoms with van der Waals surface area (Å²) in [6, 6.07) is 8.21. The molecule has 0 heterocycles. The fourth-order valence-electron chi connectivity index (χ4n) is 3.32. The molecule has 2 fully saturated rings. The van der Waals surface area contributed by atoms with Crippen molar-refractivity contribution in [3.05, 3.63) is 29.3 Å². The minimum Gasteiger partial charge on any atom is -0.359 e. The summed E-state index contributed by atoms with van der Waals surface area (Å²) in [7, 11) is 0. The molecule has 3 atom stereocenters. The van der Waals surface area contributed by atoms with Gasteiger partial charge >= 0.3 is 0 Å². The lowest BCUT2D eigenvalue weighted by molar-refractivity contribution is 0.392. The summed E-state index contributed by atoms with van der Waals surface area (Å²) in [6.07, 6.45) is 5.44. The maximum Gasteiger partial charge on any atom is 0.171 e. The predicted molar refractivity (Wildman–Crippen MR) is 80.0 cm³/mol. The number of nitrogens with one attached hydrogen (secondary N) is 2. The molecule has 2 aliphatic rings. The maximum absolute atomic E-state index is 5.95. The number of hydrogen-bond acceptors (Lipinski definition) is 1. The third-order valence-electron chi connectivity index (χ3n) is 4.14. The minimum absolute atomic E-state index is 0.572. The van der Waals surface area contributed by atoms with Gasteiger partial charge in [0.2, 0.25) is 0 Å².